The molecule has 1 aliphatic rings. The monoisotopic (exact) mass is 555 g/mol. The van der Waals surface area contributed by atoms with Crippen molar-refractivity contribution in [3.8, 4) is 11.3 Å². The standard InChI is InChI=1S/C27H28F3N7O3/c1-4-36-24(26(39)35-9-11-40-12-10-35)21(15-31-36)33-25(38)20-14-23-32-19(13-22(27(28,29)30)37(23)34-20)18-7-5-17(6-8-18)16(2)3/h5-8,13-16H,4,9-12H2,1-3H3,(H,33,38). The van der Waals surface area contributed by atoms with E-state index in [2.05, 4.69) is 20.5 Å². The number of carbonyl (C=O) groups excluding carboxylic acids is 2. The third-order valence-corrected chi connectivity index (χ3v) is 6.71. The average Bonchev–Trinajstić information content (AvgIpc) is 3.56. The summed E-state index contributed by atoms with van der Waals surface area (Å²) in [5.41, 5.74) is 0.449. The van der Waals surface area contributed by atoms with Crippen molar-refractivity contribution >= 4 is 23.1 Å². The highest BCUT2D eigenvalue weighted by atomic mass is 19.4. The first-order valence-electron chi connectivity index (χ1n) is 12.9. The van der Waals surface area contributed by atoms with Crippen LogP contribution in [-0.2, 0) is 17.5 Å². The molecule has 0 aliphatic carbocycles. The Hall–Kier alpha value is -4.26. The second-order valence-corrected chi connectivity index (χ2v) is 9.68. The van der Waals surface area contributed by atoms with Gasteiger partial charge in [-0.15, -0.1) is 0 Å². The van der Waals surface area contributed by atoms with Crippen molar-refractivity contribution in [2.45, 2.75) is 39.4 Å². The van der Waals surface area contributed by atoms with Crippen LogP contribution in [0.3, 0.4) is 0 Å². The Labute approximate surface area is 227 Å². The van der Waals surface area contributed by atoms with Gasteiger partial charge in [0.1, 0.15) is 5.69 Å². The van der Waals surface area contributed by atoms with Crippen molar-refractivity contribution in [2.75, 3.05) is 31.6 Å². The second kappa shape index (κ2) is 10.7. The maximum absolute atomic E-state index is 14.0. The first kappa shape index (κ1) is 27.3. The molecule has 210 valence electrons. The van der Waals surface area contributed by atoms with Crippen LogP contribution in [0.15, 0.2) is 42.6 Å². The zero-order valence-corrected chi connectivity index (χ0v) is 22.2. The molecule has 4 aromatic rings. The Morgan fingerprint density at radius 1 is 1.10 bits per heavy atom. The smallest absolute Gasteiger partial charge is 0.378 e. The first-order valence-corrected chi connectivity index (χ1v) is 12.9. The summed E-state index contributed by atoms with van der Waals surface area (Å²) in [6, 6.07) is 9.23. The number of anilines is 1. The molecule has 0 unspecified atom stereocenters. The molecule has 1 aromatic carbocycles. The molecule has 0 radical (unpaired) electrons. The molecular weight excluding hydrogens is 527 g/mol. The van der Waals surface area contributed by atoms with E-state index in [9.17, 15) is 22.8 Å². The largest absolute Gasteiger partial charge is 0.433 e. The van der Waals surface area contributed by atoms with Crippen molar-refractivity contribution in [1.29, 1.82) is 0 Å². The number of ether oxygens (including phenoxy) is 1. The quantitative estimate of drug-likeness (QED) is 0.376. The number of nitrogens with one attached hydrogen (secondary N) is 1. The van der Waals surface area contributed by atoms with Crippen LogP contribution in [0.25, 0.3) is 16.9 Å². The maximum Gasteiger partial charge on any atom is 0.433 e. The number of benzene rings is 1. The molecule has 4 heterocycles. The SMILES string of the molecule is CCn1ncc(NC(=O)c2cc3nc(-c4ccc(C(C)C)cc4)cc(C(F)(F)F)n3n2)c1C(=O)N1CCOCC1. The van der Waals surface area contributed by atoms with Gasteiger partial charge in [0.25, 0.3) is 11.8 Å². The number of fused-ring (bicyclic) bond motifs is 1. The van der Waals surface area contributed by atoms with Gasteiger partial charge < -0.3 is 15.0 Å². The van der Waals surface area contributed by atoms with Gasteiger partial charge in [-0.2, -0.15) is 23.4 Å². The van der Waals surface area contributed by atoms with E-state index < -0.39 is 17.8 Å². The van der Waals surface area contributed by atoms with E-state index in [4.69, 9.17) is 4.74 Å². The summed E-state index contributed by atoms with van der Waals surface area (Å²) < 4.78 is 49.5. The van der Waals surface area contributed by atoms with Gasteiger partial charge in [-0.1, -0.05) is 38.1 Å². The lowest BCUT2D eigenvalue weighted by molar-refractivity contribution is -0.142. The molecule has 0 atom stereocenters. The number of hydrogen-bond donors (Lipinski definition) is 1. The molecule has 10 nitrogen and oxygen atoms in total. The van der Waals surface area contributed by atoms with Crippen LogP contribution in [0.1, 0.15) is 58.9 Å². The van der Waals surface area contributed by atoms with Crippen molar-refractivity contribution in [2.24, 2.45) is 0 Å². The molecule has 1 fully saturated rings. The first-order chi connectivity index (χ1) is 19.1. The minimum Gasteiger partial charge on any atom is -0.378 e. The number of aromatic nitrogens is 5. The number of hydrogen-bond acceptors (Lipinski definition) is 6. The highest BCUT2D eigenvalue weighted by molar-refractivity contribution is 6.07. The average molecular weight is 556 g/mol. The van der Waals surface area contributed by atoms with Crippen LogP contribution in [0.5, 0.6) is 0 Å². The van der Waals surface area contributed by atoms with E-state index in [-0.39, 0.29) is 40.2 Å². The minimum absolute atomic E-state index is 0.101. The number of rotatable bonds is 6. The molecular formula is C27H28F3N7O3. The molecule has 0 spiro atoms. The fraction of sp³-hybridized carbons (Fsp3) is 0.370. The molecule has 0 bridgehead atoms. The van der Waals surface area contributed by atoms with Gasteiger partial charge in [-0.25, -0.2) is 9.50 Å². The number of amides is 2. The molecule has 40 heavy (non-hydrogen) atoms. The lowest BCUT2D eigenvalue weighted by atomic mass is 10.0. The molecule has 13 heteroatoms. The summed E-state index contributed by atoms with van der Waals surface area (Å²) >= 11 is 0. The van der Waals surface area contributed by atoms with Crippen LogP contribution >= 0.6 is 0 Å². The van der Waals surface area contributed by atoms with Gasteiger partial charge in [0.2, 0.25) is 0 Å². The van der Waals surface area contributed by atoms with Crippen LogP contribution in [0, 0.1) is 0 Å². The molecule has 1 N–H and O–H groups in total. The van der Waals surface area contributed by atoms with E-state index in [0.29, 0.717) is 42.9 Å². The van der Waals surface area contributed by atoms with Crippen molar-refractivity contribution in [3.63, 3.8) is 0 Å². The summed E-state index contributed by atoms with van der Waals surface area (Å²) in [4.78, 5) is 32.3. The van der Waals surface area contributed by atoms with Crippen LogP contribution in [0.2, 0.25) is 0 Å². The van der Waals surface area contributed by atoms with Gasteiger partial charge in [-0.05, 0) is 24.5 Å². The van der Waals surface area contributed by atoms with Crippen molar-refractivity contribution in [1.82, 2.24) is 29.3 Å². The van der Waals surface area contributed by atoms with Gasteiger partial charge >= 0.3 is 6.18 Å². The van der Waals surface area contributed by atoms with Crippen LogP contribution in [0.4, 0.5) is 18.9 Å². The highest BCUT2D eigenvalue weighted by Gasteiger charge is 2.36. The number of halogens is 3. The highest BCUT2D eigenvalue weighted by Crippen LogP contribution is 2.33. The summed E-state index contributed by atoms with van der Waals surface area (Å²) in [6.45, 7) is 7.79. The van der Waals surface area contributed by atoms with Crippen LogP contribution in [-0.4, -0.2) is 67.4 Å². The van der Waals surface area contributed by atoms with Crippen molar-refractivity contribution in [3.05, 3.63) is 65.2 Å². The topological polar surface area (TPSA) is 107 Å². The lowest BCUT2D eigenvalue weighted by Crippen LogP contribution is -2.41. The van der Waals surface area contributed by atoms with Gasteiger partial charge in [-0.3, -0.25) is 14.3 Å². The fourth-order valence-electron chi connectivity index (χ4n) is 4.52. The lowest BCUT2D eigenvalue weighted by Gasteiger charge is -2.27. The minimum atomic E-state index is -4.76. The van der Waals surface area contributed by atoms with E-state index in [1.165, 1.54) is 16.9 Å². The summed E-state index contributed by atoms with van der Waals surface area (Å²) in [5.74, 6) is -0.865. The Morgan fingerprint density at radius 2 is 1.80 bits per heavy atom. The zero-order valence-electron chi connectivity index (χ0n) is 22.2. The maximum atomic E-state index is 14.0. The van der Waals surface area contributed by atoms with Gasteiger partial charge in [0.05, 0.1) is 30.8 Å². The Morgan fingerprint density at radius 3 is 2.42 bits per heavy atom. The number of alkyl halides is 3. The molecule has 2 amide bonds. The summed E-state index contributed by atoms with van der Waals surface area (Å²) in [5, 5.41) is 10.7. The molecule has 5 rings (SSSR count). The number of nitrogens with zero attached hydrogens (tertiary/aromatic N) is 6. The summed E-state index contributed by atoms with van der Waals surface area (Å²) in [6.07, 6.45) is -3.42. The van der Waals surface area contributed by atoms with E-state index in [1.54, 1.807) is 24.0 Å². The summed E-state index contributed by atoms with van der Waals surface area (Å²) in [7, 11) is 0. The third-order valence-electron chi connectivity index (χ3n) is 6.71. The Bertz CT molecular complexity index is 1550. The third kappa shape index (κ3) is 5.28. The fourth-order valence-corrected chi connectivity index (χ4v) is 4.52. The van der Waals surface area contributed by atoms with Gasteiger partial charge in [0.15, 0.2) is 17.0 Å². The molecule has 1 saturated heterocycles. The molecule has 3 aromatic heterocycles. The molecule has 1 aliphatic heterocycles. The Kier molecular flexibility index (Phi) is 7.32. The number of morpholine rings is 1. The van der Waals surface area contributed by atoms with Gasteiger partial charge in [0, 0.05) is 31.3 Å². The van der Waals surface area contributed by atoms with Crippen LogP contribution < -0.4 is 5.32 Å². The normalized spacial score (nSPS) is 14.2. The predicted octanol–water partition coefficient (Wildman–Crippen LogP) is 4.48. The number of carbonyl (C=O) groups is 2. The Balaban J connectivity index is 1.49. The predicted molar refractivity (Wildman–Crippen MR) is 140 cm³/mol. The second-order valence-electron chi connectivity index (χ2n) is 9.68. The number of aryl methyl sites for hydroxylation is 1. The zero-order chi connectivity index (χ0) is 28.6. The molecule has 0 saturated carbocycles. The van der Waals surface area contributed by atoms with E-state index in [1.807, 2.05) is 26.0 Å². The van der Waals surface area contributed by atoms with E-state index >= 15 is 0 Å². The van der Waals surface area contributed by atoms with Crippen molar-refractivity contribution < 1.29 is 27.5 Å². The van der Waals surface area contributed by atoms with E-state index in [0.717, 1.165) is 11.6 Å².